The Bertz CT molecular complexity index is 233. The van der Waals surface area contributed by atoms with E-state index < -0.39 is 0 Å². The van der Waals surface area contributed by atoms with E-state index in [2.05, 4.69) is 30.2 Å². The number of hydrogen-bond donors (Lipinski definition) is 1. The fraction of sp³-hybridized carbons (Fsp3) is 0.500. The molecule has 2 nitrogen and oxygen atoms in total. The molecule has 1 heterocycles. The normalized spacial score (nSPS) is 10.2. The van der Waals surface area contributed by atoms with E-state index in [4.69, 9.17) is 0 Å². The monoisotopic (exact) mass is 164 g/mol. The average Bonchev–Trinajstić information content (AvgIpc) is 2.09. The molecule has 1 N–H and O–H groups in total. The van der Waals surface area contributed by atoms with Crippen LogP contribution < -0.4 is 5.32 Å². The maximum Gasteiger partial charge on any atom is 0.0570 e. The van der Waals surface area contributed by atoms with Gasteiger partial charge in [-0.25, -0.2) is 0 Å². The summed E-state index contributed by atoms with van der Waals surface area (Å²) in [6.45, 7) is 6.21. The summed E-state index contributed by atoms with van der Waals surface area (Å²) in [5, 5.41) is 3.33. The van der Waals surface area contributed by atoms with Crippen LogP contribution in [0.1, 0.15) is 24.6 Å². The third-order valence-corrected chi connectivity index (χ3v) is 1.84. The smallest absolute Gasteiger partial charge is 0.0570 e. The van der Waals surface area contributed by atoms with Gasteiger partial charge in [0.05, 0.1) is 5.69 Å². The Balaban J connectivity index is 2.46. The molecular weight excluding hydrogens is 148 g/mol. The Kier molecular flexibility index (Phi) is 3.74. The van der Waals surface area contributed by atoms with E-state index in [1.165, 1.54) is 12.0 Å². The van der Waals surface area contributed by atoms with Crippen LogP contribution in [0.4, 0.5) is 0 Å². The second-order valence-electron chi connectivity index (χ2n) is 2.94. The molecule has 66 valence electrons. The van der Waals surface area contributed by atoms with Crippen molar-refractivity contribution in [1.29, 1.82) is 0 Å². The van der Waals surface area contributed by atoms with E-state index in [-0.39, 0.29) is 0 Å². The first-order valence-electron chi connectivity index (χ1n) is 4.45. The van der Waals surface area contributed by atoms with Gasteiger partial charge in [0.25, 0.3) is 0 Å². The van der Waals surface area contributed by atoms with Crippen molar-refractivity contribution in [2.45, 2.75) is 26.8 Å². The molecule has 0 fully saturated rings. The van der Waals surface area contributed by atoms with Gasteiger partial charge in [-0.1, -0.05) is 13.0 Å². The molecule has 0 amide bonds. The lowest BCUT2D eigenvalue weighted by Crippen LogP contribution is -2.15. The highest BCUT2D eigenvalue weighted by atomic mass is 14.9. The minimum Gasteiger partial charge on any atom is -0.311 e. The average molecular weight is 164 g/mol. The van der Waals surface area contributed by atoms with Crippen molar-refractivity contribution in [1.82, 2.24) is 10.3 Å². The van der Waals surface area contributed by atoms with Crippen molar-refractivity contribution in [3.05, 3.63) is 29.6 Å². The lowest BCUT2D eigenvalue weighted by molar-refractivity contribution is 0.661. The van der Waals surface area contributed by atoms with E-state index in [1.54, 1.807) is 0 Å². The summed E-state index contributed by atoms with van der Waals surface area (Å²) in [5.41, 5.74) is 2.42. The number of nitrogens with one attached hydrogen (secondary N) is 1. The number of rotatable bonds is 4. The quantitative estimate of drug-likeness (QED) is 0.687. The van der Waals surface area contributed by atoms with E-state index in [1.807, 2.05) is 12.3 Å². The summed E-state index contributed by atoms with van der Waals surface area (Å²) in [6, 6.07) is 4.06. The first-order valence-corrected chi connectivity index (χ1v) is 4.45. The van der Waals surface area contributed by atoms with Crippen LogP contribution in [0, 0.1) is 6.92 Å². The molecule has 1 rings (SSSR count). The number of pyridine rings is 1. The zero-order valence-electron chi connectivity index (χ0n) is 7.80. The molecule has 1 aromatic rings. The van der Waals surface area contributed by atoms with Gasteiger partial charge in [-0.15, -0.1) is 0 Å². The molecule has 1 aromatic heterocycles. The first-order chi connectivity index (χ1) is 5.84. The predicted octanol–water partition coefficient (Wildman–Crippen LogP) is 1.89. The van der Waals surface area contributed by atoms with E-state index in [0.29, 0.717) is 0 Å². The highest BCUT2D eigenvalue weighted by Gasteiger charge is 1.95. The van der Waals surface area contributed by atoms with E-state index in [0.717, 1.165) is 18.8 Å². The Hall–Kier alpha value is -0.890. The Morgan fingerprint density at radius 1 is 1.50 bits per heavy atom. The van der Waals surface area contributed by atoms with Crippen molar-refractivity contribution in [3.8, 4) is 0 Å². The van der Waals surface area contributed by atoms with Gasteiger partial charge in [-0.2, -0.15) is 0 Å². The fourth-order valence-electron chi connectivity index (χ4n) is 1.09. The summed E-state index contributed by atoms with van der Waals surface area (Å²) in [7, 11) is 0. The summed E-state index contributed by atoms with van der Waals surface area (Å²) >= 11 is 0. The molecule has 0 saturated heterocycles. The third-order valence-electron chi connectivity index (χ3n) is 1.84. The van der Waals surface area contributed by atoms with Crippen LogP contribution in [0.25, 0.3) is 0 Å². The molecule has 0 saturated carbocycles. The minimum atomic E-state index is 0.889. The topological polar surface area (TPSA) is 24.9 Å². The standard InChI is InChI=1S/C10H16N2/c1-3-6-11-8-10-9(2)5-4-7-12-10/h4-5,7,11H,3,6,8H2,1-2H3. The van der Waals surface area contributed by atoms with Crippen LogP contribution in [0.3, 0.4) is 0 Å². The van der Waals surface area contributed by atoms with Gasteiger partial charge in [-0.05, 0) is 31.5 Å². The highest BCUT2D eigenvalue weighted by molar-refractivity contribution is 5.17. The van der Waals surface area contributed by atoms with Crippen LogP contribution in [0.15, 0.2) is 18.3 Å². The summed E-state index contributed by atoms with van der Waals surface area (Å²) in [6.07, 6.45) is 3.02. The van der Waals surface area contributed by atoms with E-state index in [9.17, 15) is 0 Å². The van der Waals surface area contributed by atoms with Gasteiger partial charge < -0.3 is 5.32 Å². The molecule has 0 atom stereocenters. The lowest BCUT2D eigenvalue weighted by atomic mass is 10.2. The second kappa shape index (κ2) is 4.88. The number of aryl methyl sites for hydroxylation is 1. The molecule has 2 heteroatoms. The SMILES string of the molecule is CCCNCc1ncccc1C. The summed E-state index contributed by atoms with van der Waals surface area (Å²) < 4.78 is 0. The zero-order valence-corrected chi connectivity index (χ0v) is 7.80. The van der Waals surface area contributed by atoms with Crippen molar-refractivity contribution < 1.29 is 0 Å². The fourth-order valence-corrected chi connectivity index (χ4v) is 1.09. The van der Waals surface area contributed by atoms with Crippen molar-refractivity contribution in [2.24, 2.45) is 0 Å². The molecule has 0 radical (unpaired) electrons. The zero-order chi connectivity index (χ0) is 8.81. The molecule has 12 heavy (non-hydrogen) atoms. The van der Waals surface area contributed by atoms with Crippen LogP contribution in [0.5, 0.6) is 0 Å². The van der Waals surface area contributed by atoms with Gasteiger partial charge in [0.15, 0.2) is 0 Å². The number of aromatic nitrogens is 1. The largest absolute Gasteiger partial charge is 0.311 e. The minimum absolute atomic E-state index is 0.889. The molecule has 0 aliphatic rings. The van der Waals surface area contributed by atoms with Crippen LogP contribution in [-0.4, -0.2) is 11.5 Å². The Morgan fingerprint density at radius 2 is 2.33 bits per heavy atom. The molecule has 0 aliphatic carbocycles. The van der Waals surface area contributed by atoms with Gasteiger partial charge in [0.2, 0.25) is 0 Å². The number of nitrogens with zero attached hydrogens (tertiary/aromatic N) is 1. The Labute approximate surface area is 74.0 Å². The third kappa shape index (κ3) is 2.62. The van der Waals surface area contributed by atoms with Gasteiger partial charge in [0, 0.05) is 12.7 Å². The second-order valence-corrected chi connectivity index (χ2v) is 2.94. The molecular formula is C10H16N2. The maximum atomic E-state index is 4.29. The van der Waals surface area contributed by atoms with Gasteiger partial charge >= 0.3 is 0 Å². The molecule has 0 unspecified atom stereocenters. The van der Waals surface area contributed by atoms with Gasteiger partial charge in [-0.3, -0.25) is 4.98 Å². The van der Waals surface area contributed by atoms with Crippen LogP contribution in [-0.2, 0) is 6.54 Å². The highest BCUT2D eigenvalue weighted by Crippen LogP contribution is 2.01. The summed E-state index contributed by atoms with van der Waals surface area (Å²) in [4.78, 5) is 4.29. The molecule has 0 spiro atoms. The van der Waals surface area contributed by atoms with Crippen LogP contribution >= 0.6 is 0 Å². The van der Waals surface area contributed by atoms with Crippen molar-refractivity contribution >= 4 is 0 Å². The van der Waals surface area contributed by atoms with Crippen molar-refractivity contribution in [2.75, 3.05) is 6.54 Å². The lowest BCUT2D eigenvalue weighted by Gasteiger charge is -2.04. The molecule has 0 aliphatic heterocycles. The molecule has 0 bridgehead atoms. The first kappa shape index (κ1) is 9.20. The van der Waals surface area contributed by atoms with Crippen LogP contribution in [0.2, 0.25) is 0 Å². The number of hydrogen-bond acceptors (Lipinski definition) is 2. The Morgan fingerprint density at radius 3 is 3.00 bits per heavy atom. The van der Waals surface area contributed by atoms with E-state index >= 15 is 0 Å². The summed E-state index contributed by atoms with van der Waals surface area (Å²) in [5.74, 6) is 0. The van der Waals surface area contributed by atoms with Crippen molar-refractivity contribution in [3.63, 3.8) is 0 Å². The maximum absolute atomic E-state index is 4.29. The molecule has 0 aromatic carbocycles. The van der Waals surface area contributed by atoms with Gasteiger partial charge in [0.1, 0.15) is 0 Å². The predicted molar refractivity (Wildman–Crippen MR) is 51.0 cm³/mol.